The minimum Gasteiger partial charge on any atom is -0.258 e. The molecule has 0 aliphatic rings. The number of fused-ring (bicyclic) bond motifs is 1. The maximum absolute atomic E-state index is 11.3. The predicted octanol–water partition coefficient (Wildman–Crippen LogP) is 5.79. The molecule has 0 aliphatic carbocycles. The summed E-state index contributed by atoms with van der Waals surface area (Å²) in [6, 6.07) is 24.8. The lowest BCUT2D eigenvalue weighted by atomic mass is 9.90. The van der Waals surface area contributed by atoms with Crippen LogP contribution < -0.4 is 0 Å². The topological polar surface area (TPSA) is 56.0 Å². The van der Waals surface area contributed by atoms with Gasteiger partial charge in [0.1, 0.15) is 0 Å². The van der Waals surface area contributed by atoms with Gasteiger partial charge in [0.25, 0.3) is 5.69 Å². The molecule has 0 spiro atoms. The van der Waals surface area contributed by atoms with Crippen molar-refractivity contribution < 1.29 is 4.92 Å². The van der Waals surface area contributed by atoms with E-state index in [9.17, 15) is 10.1 Å². The van der Waals surface area contributed by atoms with Crippen molar-refractivity contribution >= 4 is 16.6 Å². The van der Waals surface area contributed by atoms with Gasteiger partial charge in [-0.25, -0.2) is 0 Å². The molecule has 0 unspecified atom stereocenters. The maximum atomic E-state index is 11.3. The highest BCUT2D eigenvalue weighted by molar-refractivity contribution is 6.03. The molecule has 0 aliphatic heterocycles. The lowest BCUT2D eigenvalue weighted by molar-refractivity contribution is -0.384. The number of benzene rings is 3. The van der Waals surface area contributed by atoms with Gasteiger partial charge >= 0.3 is 0 Å². The Morgan fingerprint density at radius 1 is 0.808 bits per heavy atom. The van der Waals surface area contributed by atoms with E-state index in [1.165, 1.54) is 6.07 Å². The van der Waals surface area contributed by atoms with E-state index in [1.807, 2.05) is 67.6 Å². The first kappa shape index (κ1) is 16.0. The summed E-state index contributed by atoms with van der Waals surface area (Å²) in [5.74, 6) is 0. The summed E-state index contributed by atoms with van der Waals surface area (Å²) in [6.45, 7) is 1.98. The Bertz CT molecular complexity index is 1110. The lowest BCUT2D eigenvalue weighted by Crippen LogP contribution is -1.96. The molecule has 1 aromatic heterocycles. The Kier molecular flexibility index (Phi) is 3.93. The van der Waals surface area contributed by atoms with Gasteiger partial charge < -0.3 is 0 Å². The summed E-state index contributed by atoms with van der Waals surface area (Å²) >= 11 is 0. The van der Waals surface area contributed by atoms with Crippen LogP contribution in [0.1, 0.15) is 5.69 Å². The van der Waals surface area contributed by atoms with Gasteiger partial charge in [-0.1, -0.05) is 60.7 Å². The highest BCUT2D eigenvalue weighted by atomic mass is 16.6. The van der Waals surface area contributed by atoms with Crippen LogP contribution in [-0.2, 0) is 0 Å². The minimum absolute atomic E-state index is 0.0688. The smallest absolute Gasteiger partial charge is 0.258 e. The highest BCUT2D eigenvalue weighted by Crippen LogP contribution is 2.40. The predicted molar refractivity (Wildman–Crippen MR) is 104 cm³/mol. The zero-order valence-corrected chi connectivity index (χ0v) is 14.2. The summed E-state index contributed by atoms with van der Waals surface area (Å²) in [7, 11) is 0. The van der Waals surface area contributed by atoms with Gasteiger partial charge in [0.15, 0.2) is 0 Å². The van der Waals surface area contributed by atoms with E-state index in [2.05, 4.69) is 0 Å². The van der Waals surface area contributed by atoms with Crippen molar-refractivity contribution in [3.05, 3.63) is 94.7 Å². The molecule has 4 rings (SSSR count). The van der Waals surface area contributed by atoms with Crippen LogP contribution in [0.5, 0.6) is 0 Å². The molecule has 1 heterocycles. The molecule has 4 nitrogen and oxygen atoms in total. The molecule has 26 heavy (non-hydrogen) atoms. The van der Waals surface area contributed by atoms with Gasteiger partial charge in [0, 0.05) is 34.3 Å². The quantitative estimate of drug-likeness (QED) is 0.350. The lowest BCUT2D eigenvalue weighted by Gasteiger charge is -2.16. The van der Waals surface area contributed by atoms with Gasteiger partial charge in [-0.15, -0.1) is 0 Å². The number of nitro groups is 1. The van der Waals surface area contributed by atoms with E-state index in [0.717, 1.165) is 38.9 Å². The fourth-order valence-corrected chi connectivity index (χ4v) is 3.35. The summed E-state index contributed by atoms with van der Waals surface area (Å²) in [5, 5.41) is 12.1. The summed E-state index contributed by atoms with van der Waals surface area (Å²) in [6.07, 6.45) is 0. The average Bonchev–Trinajstić information content (AvgIpc) is 2.68. The number of nitro benzene ring substituents is 1. The van der Waals surface area contributed by atoms with Crippen LogP contribution in [0.4, 0.5) is 5.69 Å². The minimum atomic E-state index is -0.365. The third-order valence-corrected chi connectivity index (χ3v) is 4.49. The second-order valence-corrected chi connectivity index (χ2v) is 6.14. The van der Waals surface area contributed by atoms with E-state index in [0.29, 0.717) is 0 Å². The van der Waals surface area contributed by atoms with Crippen molar-refractivity contribution in [1.29, 1.82) is 0 Å². The van der Waals surface area contributed by atoms with Crippen molar-refractivity contribution in [3.8, 4) is 22.3 Å². The fraction of sp³-hybridized carbons (Fsp3) is 0.0455. The van der Waals surface area contributed by atoms with E-state index in [-0.39, 0.29) is 10.6 Å². The average molecular weight is 340 g/mol. The number of hydrogen-bond donors (Lipinski definition) is 0. The van der Waals surface area contributed by atoms with Gasteiger partial charge in [-0.05, 0) is 24.1 Å². The SMILES string of the molecule is Cc1nc2ccc([N+](=O)[O-])cc2c(-c2ccccc2)c1-c1ccccc1. The van der Waals surface area contributed by atoms with Gasteiger partial charge in [-0.2, -0.15) is 0 Å². The van der Waals surface area contributed by atoms with E-state index in [4.69, 9.17) is 4.98 Å². The van der Waals surface area contributed by atoms with Crippen LogP contribution in [0.25, 0.3) is 33.2 Å². The second kappa shape index (κ2) is 6.41. The van der Waals surface area contributed by atoms with E-state index in [1.54, 1.807) is 12.1 Å². The standard InChI is InChI=1S/C22H16N2O2/c1-15-21(16-8-4-2-5-9-16)22(17-10-6-3-7-11-17)19-14-18(24(25)26)12-13-20(19)23-15/h2-14H,1H3. The molecule has 0 atom stereocenters. The second-order valence-electron chi connectivity index (χ2n) is 6.14. The molecule has 4 aromatic rings. The van der Waals surface area contributed by atoms with Crippen LogP contribution >= 0.6 is 0 Å². The van der Waals surface area contributed by atoms with Crippen LogP contribution in [-0.4, -0.2) is 9.91 Å². The van der Waals surface area contributed by atoms with Gasteiger partial charge in [0.05, 0.1) is 10.4 Å². The summed E-state index contributed by atoms with van der Waals surface area (Å²) in [4.78, 5) is 15.7. The molecular weight excluding hydrogens is 324 g/mol. The van der Waals surface area contributed by atoms with Crippen LogP contribution in [0.2, 0.25) is 0 Å². The van der Waals surface area contributed by atoms with Crippen molar-refractivity contribution in [2.24, 2.45) is 0 Å². The maximum Gasteiger partial charge on any atom is 0.270 e. The van der Waals surface area contributed by atoms with Crippen LogP contribution in [0.3, 0.4) is 0 Å². The molecule has 0 N–H and O–H groups in total. The molecule has 0 saturated heterocycles. The Morgan fingerprint density at radius 3 is 1.96 bits per heavy atom. The molecule has 0 fully saturated rings. The Labute approximate surface area is 150 Å². The monoisotopic (exact) mass is 340 g/mol. The molecule has 126 valence electrons. The highest BCUT2D eigenvalue weighted by Gasteiger charge is 2.18. The number of pyridine rings is 1. The largest absolute Gasteiger partial charge is 0.270 e. The molecule has 0 radical (unpaired) electrons. The van der Waals surface area contributed by atoms with Crippen molar-refractivity contribution in [3.63, 3.8) is 0 Å². The Hall–Kier alpha value is -3.53. The molecular formula is C22H16N2O2. The number of aromatic nitrogens is 1. The zero-order valence-electron chi connectivity index (χ0n) is 14.2. The van der Waals surface area contributed by atoms with Crippen molar-refractivity contribution in [2.75, 3.05) is 0 Å². The Morgan fingerprint density at radius 2 is 1.38 bits per heavy atom. The molecule has 0 bridgehead atoms. The Balaban J connectivity index is 2.16. The van der Waals surface area contributed by atoms with Crippen LogP contribution in [0, 0.1) is 17.0 Å². The van der Waals surface area contributed by atoms with Crippen molar-refractivity contribution in [2.45, 2.75) is 6.92 Å². The molecule has 0 saturated carbocycles. The van der Waals surface area contributed by atoms with Gasteiger partial charge in [0.2, 0.25) is 0 Å². The molecule has 4 heteroatoms. The fourth-order valence-electron chi connectivity index (χ4n) is 3.35. The number of nitrogens with zero attached hydrogens (tertiary/aromatic N) is 2. The summed E-state index contributed by atoms with van der Waals surface area (Å²) < 4.78 is 0. The van der Waals surface area contributed by atoms with Gasteiger partial charge in [-0.3, -0.25) is 15.1 Å². The third kappa shape index (κ3) is 2.71. The first-order valence-corrected chi connectivity index (χ1v) is 8.35. The summed E-state index contributed by atoms with van der Waals surface area (Å²) in [5.41, 5.74) is 5.77. The van der Waals surface area contributed by atoms with Crippen molar-refractivity contribution in [1.82, 2.24) is 4.98 Å². The number of non-ortho nitro benzene ring substituents is 1. The van der Waals surface area contributed by atoms with E-state index < -0.39 is 0 Å². The third-order valence-electron chi connectivity index (χ3n) is 4.49. The number of hydrogen-bond acceptors (Lipinski definition) is 3. The molecule has 3 aromatic carbocycles. The van der Waals surface area contributed by atoms with E-state index >= 15 is 0 Å². The molecule has 0 amide bonds. The van der Waals surface area contributed by atoms with Crippen LogP contribution in [0.15, 0.2) is 78.9 Å². The number of rotatable bonds is 3. The first-order chi connectivity index (χ1) is 12.6. The first-order valence-electron chi connectivity index (χ1n) is 8.35. The zero-order chi connectivity index (χ0) is 18.1. The number of aryl methyl sites for hydroxylation is 1. The normalized spacial score (nSPS) is 10.8.